The zero-order valence-electron chi connectivity index (χ0n) is 10.2. The van der Waals surface area contributed by atoms with Gasteiger partial charge in [-0.3, -0.25) is 0 Å². The van der Waals surface area contributed by atoms with Gasteiger partial charge in [0.15, 0.2) is 0 Å². The molecule has 0 aromatic heterocycles. The van der Waals surface area contributed by atoms with Gasteiger partial charge in [-0.1, -0.05) is 13.8 Å². The van der Waals surface area contributed by atoms with E-state index in [9.17, 15) is 0 Å². The van der Waals surface area contributed by atoms with Crippen LogP contribution >= 0.6 is 0 Å². The molecule has 0 saturated carbocycles. The van der Waals surface area contributed by atoms with Crippen LogP contribution in [-0.4, -0.2) is 37.6 Å². The Balaban J connectivity index is 2.22. The van der Waals surface area contributed by atoms with Crippen molar-refractivity contribution in [1.82, 2.24) is 10.2 Å². The Morgan fingerprint density at radius 3 is 2.73 bits per heavy atom. The summed E-state index contributed by atoms with van der Waals surface area (Å²) in [5.74, 6) is 1.66. The van der Waals surface area contributed by atoms with E-state index in [1.165, 1.54) is 19.5 Å². The number of rotatable bonds is 5. The summed E-state index contributed by atoms with van der Waals surface area (Å²) < 4.78 is 0. The fourth-order valence-corrected chi connectivity index (χ4v) is 2.19. The summed E-state index contributed by atoms with van der Waals surface area (Å²) >= 11 is 0. The van der Waals surface area contributed by atoms with Gasteiger partial charge in [-0.15, -0.1) is 0 Å². The van der Waals surface area contributed by atoms with Crippen molar-refractivity contribution in [1.29, 1.82) is 5.26 Å². The first-order valence-electron chi connectivity index (χ1n) is 5.96. The molecule has 2 unspecified atom stereocenters. The highest BCUT2D eigenvalue weighted by Crippen LogP contribution is 2.23. The van der Waals surface area contributed by atoms with E-state index in [0.29, 0.717) is 0 Å². The quantitative estimate of drug-likeness (QED) is 0.745. The highest BCUT2D eigenvalue weighted by Gasteiger charge is 2.24. The molecule has 15 heavy (non-hydrogen) atoms. The second-order valence-corrected chi connectivity index (χ2v) is 4.85. The van der Waals surface area contributed by atoms with Crippen molar-refractivity contribution in [3.05, 3.63) is 0 Å². The van der Waals surface area contributed by atoms with E-state index in [1.807, 2.05) is 7.05 Å². The Bertz CT molecular complexity index is 219. The maximum absolute atomic E-state index is 8.81. The molecular formula is C12H23N3. The lowest BCUT2D eigenvalue weighted by Crippen LogP contribution is -2.30. The van der Waals surface area contributed by atoms with Crippen LogP contribution in [0.3, 0.4) is 0 Å². The Labute approximate surface area is 93.5 Å². The van der Waals surface area contributed by atoms with Gasteiger partial charge in [0.1, 0.15) is 0 Å². The van der Waals surface area contributed by atoms with Crippen molar-refractivity contribution >= 4 is 0 Å². The number of hydrogen-bond donors (Lipinski definition) is 1. The first-order valence-corrected chi connectivity index (χ1v) is 5.96. The van der Waals surface area contributed by atoms with Gasteiger partial charge in [0.25, 0.3) is 0 Å². The zero-order chi connectivity index (χ0) is 11.3. The average molecular weight is 209 g/mol. The van der Waals surface area contributed by atoms with E-state index in [0.717, 1.165) is 24.8 Å². The molecule has 0 aromatic rings. The first-order chi connectivity index (χ1) is 7.17. The Hall–Kier alpha value is -0.590. The normalized spacial score (nSPS) is 24.3. The third-order valence-electron chi connectivity index (χ3n) is 3.49. The van der Waals surface area contributed by atoms with Crippen LogP contribution in [0, 0.1) is 23.2 Å². The first kappa shape index (κ1) is 12.5. The molecule has 3 heteroatoms. The fraction of sp³-hybridized carbons (Fsp3) is 0.917. The molecule has 2 atom stereocenters. The van der Waals surface area contributed by atoms with Gasteiger partial charge in [0, 0.05) is 13.1 Å². The number of nitrogens with one attached hydrogen (secondary N) is 1. The summed E-state index contributed by atoms with van der Waals surface area (Å²) in [6.07, 6.45) is 2.27. The molecule has 1 rings (SSSR count). The molecule has 3 nitrogen and oxygen atoms in total. The summed E-state index contributed by atoms with van der Waals surface area (Å²) in [5, 5.41) is 11.8. The van der Waals surface area contributed by atoms with Crippen LogP contribution in [0.25, 0.3) is 0 Å². The summed E-state index contributed by atoms with van der Waals surface area (Å²) in [6.45, 7) is 8.10. The van der Waals surface area contributed by atoms with E-state index in [1.54, 1.807) is 0 Å². The van der Waals surface area contributed by atoms with E-state index in [-0.39, 0.29) is 6.04 Å². The molecule has 1 aliphatic heterocycles. The van der Waals surface area contributed by atoms with Crippen molar-refractivity contribution in [2.45, 2.75) is 32.7 Å². The minimum atomic E-state index is 0.0168. The molecule has 1 N–H and O–H groups in total. The molecular weight excluding hydrogens is 186 g/mol. The van der Waals surface area contributed by atoms with Crippen molar-refractivity contribution in [3.8, 4) is 6.07 Å². The van der Waals surface area contributed by atoms with Crippen LogP contribution in [0.5, 0.6) is 0 Å². The van der Waals surface area contributed by atoms with E-state index < -0.39 is 0 Å². The molecule has 0 radical (unpaired) electrons. The highest BCUT2D eigenvalue weighted by molar-refractivity contribution is 4.89. The lowest BCUT2D eigenvalue weighted by atomic mass is 9.95. The molecule has 0 aromatic carbocycles. The predicted molar refractivity (Wildman–Crippen MR) is 62.5 cm³/mol. The third kappa shape index (κ3) is 3.81. The number of likely N-dealkylation sites (tertiary alicyclic amines) is 1. The molecule has 0 aliphatic carbocycles. The summed E-state index contributed by atoms with van der Waals surface area (Å²) in [7, 11) is 1.86. The maximum Gasteiger partial charge on any atom is 0.0962 e. The van der Waals surface area contributed by atoms with Gasteiger partial charge in [-0.2, -0.15) is 5.26 Å². The number of nitriles is 1. The van der Waals surface area contributed by atoms with Crippen LogP contribution < -0.4 is 5.32 Å². The molecule has 1 saturated heterocycles. The number of nitrogens with zero attached hydrogens (tertiary/aromatic N) is 2. The zero-order valence-corrected chi connectivity index (χ0v) is 10.2. The summed E-state index contributed by atoms with van der Waals surface area (Å²) in [4.78, 5) is 2.49. The molecule has 1 fully saturated rings. The summed E-state index contributed by atoms with van der Waals surface area (Å²) in [5.41, 5.74) is 0. The van der Waals surface area contributed by atoms with Gasteiger partial charge in [0.2, 0.25) is 0 Å². The Kier molecular flexibility index (Phi) is 5.07. The second-order valence-electron chi connectivity index (χ2n) is 4.85. The Morgan fingerprint density at radius 1 is 1.53 bits per heavy atom. The topological polar surface area (TPSA) is 39.1 Å². The average Bonchev–Trinajstić information content (AvgIpc) is 2.68. The standard InChI is InChI=1S/C12H23N3/c1-10(2)11-4-6-15(9-11)7-5-12(8-13)14-3/h10-12,14H,4-7,9H2,1-3H3. The van der Waals surface area contributed by atoms with E-state index in [2.05, 4.69) is 30.1 Å². The lowest BCUT2D eigenvalue weighted by molar-refractivity contribution is 0.293. The fourth-order valence-electron chi connectivity index (χ4n) is 2.19. The largest absolute Gasteiger partial charge is 0.305 e. The lowest BCUT2D eigenvalue weighted by Gasteiger charge is -2.18. The van der Waals surface area contributed by atoms with Gasteiger partial charge >= 0.3 is 0 Å². The molecule has 86 valence electrons. The van der Waals surface area contributed by atoms with Crippen LogP contribution in [0.15, 0.2) is 0 Å². The van der Waals surface area contributed by atoms with Gasteiger partial charge in [0.05, 0.1) is 12.1 Å². The second kappa shape index (κ2) is 6.09. The van der Waals surface area contributed by atoms with Gasteiger partial charge in [-0.05, 0) is 38.3 Å². The van der Waals surface area contributed by atoms with Gasteiger partial charge in [-0.25, -0.2) is 0 Å². The SMILES string of the molecule is CNC(C#N)CCN1CCC(C(C)C)C1. The number of hydrogen-bond acceptors (Lipinski definition) is 3. The van der Waals surface area contributed by atoms with Crippen LogP contribution in [0.4, 0.5) is 0 Å². The van der Waals surface area contributed by atoms with Crippen molar-refractivity contribution in [3.63, 3.8) is 0 Å². The van der Waals surface area contributed by atoms with Crippen molar-refractivity contribution < 1.29 is 0 Å². The smallest absolute Gasteiger partial charge is 0.0962 e. The minimum absolute atomic E-state index is 0.0168. The van der Waals surface area contributed by atoms with E-state index in [4.69, 9.17) is 5.26 Å². The van der Waals surface area contributed by atoms with Crippen LogP contribution in [0.1, 0.15) is 26.7 Å². The van der Waals surface area contributed by atoms with Crippen LogP contribution in [0.2, 0.25) is 0 Å². The Morgan fingerprint density at radius 2 is 2.27 bits per heavy atom. The molecule has 1 heterocycles. The van der Waals surface area contributed by atoms with Gasteiger partial charge < -0.3 is 10.2 Å². The maximum atomic E-state index is 8.81. The minimum Gasteiger partial charge on any atom is -0.305 e. The highest BCUT2D eigenvalue weighted by atomic mass is 15.1. The van der Waals surface area contributed by atoms with Crippen LogP contribution in [-0.2, 0) is 0 Å². The molecule has 1 aliphatic rings. The van der Waals surface area contributed by atoms with E-state index >= 15 is 0 Å². The molecule has 0 bridgehead atoms. The monoisotopic (exact) mass is 209 g/mol. The van der Waals surface area contributed by atoms with Crippen molar-refractivity contribution in [2.75, 3.05) is 26.7 Å². The van der Waals surface area contributed by atoms with Crippen molar-refractivity contribution in [2.24, 2.45) is 11.8 Å². The predicted octanol–water partition coefficient (Wildman–Crippen LogP) is 1.47. The third-order valence-corrected chi connectivity index (χ3v) is 3.49. The molecule has 0 amide bonds. The summed E-state index contributed by atoms with van der Waals surface area (Å²) in [6, 6.07) is 2.29. The molecule has 0 spiro atoms.